The number of hydrogen-bond acceptors (Lipinski definition) is 4. The summed E-state index contributed by atoms with van der Waals surface area (Å²) < 4.78 is 15.5. The zero-order chi connectivity index (χ0) is 18.1. The van der Waals surface area contributed by atoms with E-state index in [1.54, 1.807) is 13.0 Å². The minimum atomic E-state index is -0.585. The third-order valence-electron chi connectivity index (χ3n) is 3.52. The van der Waals surface area contributed by atoms with Crippen molar-refractivity contribution >= 4 is 34.8 Å². The fraction of sp³-hybridized carbons (Fsp3) is 0.200. The molecule has 7 nitrogen and oxygen atoms in total. The molecule has 10 heteroatoms. The number of aromatic nitrogens is 4. The quantitative estimate of drug-likeness (QED) is 0.748. The monoisotopic (exact) mass is 383 g/mol. The lowest BCUT2D eigenvalue weighted by molar-refractivity contribution is -0.122. The molecule has 25 heavy (non-hydrogen) atoms. The predicted octanol–water partition coefficient (Wildman–Crippen LogP) is 2.21. The van der Waals surface area contributed by atoms with Crippen LogP contribution >= 0.6 is 23.2 Å². The van der Waals surface area contributed by atoms with E-state index in [2.05, 4.69) is 15.5 Å². The summed E-state index contributed by atoms with van der Waals surface area (Å²) in [4.78, 5) is 24.3. The Balaban J connectivity index is 1.75. The van der Waals surface area contributed by atoms with Crippen molar-refractivity contribution in [3.05, 3.63) is 62.4 Å². The number of nitrogens with zero attached hydrogens (tertiary/aromatic N) is 4. The summed E-state index contributed by atoms with van der Waals surface area (Å²) in [5.74, 6) is -1.03. The molecule has 0 aliphatic heterocycles. The lowest BCUT2D eigenvalue weighted by atomic mass is 10.1. The van der Waals surface area contributed by atoms with Crippen molar-refractivity contribution in [2.75, 3.05) is 0 Å². The molecule has 0 spiro atoms. The average Bonchev–Trinajstić information content (AvgIpc) is 2.86. The summed E-state index contributed by atoms with van der Waals surface area (Å²) in [7, 11) is 0. The standard InChI is InChI=1S/C15H12Cl2FN5O2/c1-8(9-2-3-10(16)11(18)6-9)19-14(24)7-22-15(25)23-13(21-22)5-4-12(17)20-23/h2-6,8H,7H2,1H3,(H,19,24)/t8-/m0/s1. The molecule has 2 heterocycles. The maximum Gasteiger partial charge on any atom is 0.367 e. The van der Waals surface area contributed by atoms with Gasteiger partial charge in [-0.25, -0.2) is 13.9 Å². The van der Waals surface area contributed by atoms with Gasteiger partial charge in [0, 0.05) is 0 Å². The average molecular weight is 384 g/mol. The molecule has 0 saturated carbocycles. The van der Waals surface area contributed by atoms with Gasteiger partial charge in [0.1, 0.15) is 17.5 Å². The molecule has 2 aromatic heterocycles. The first-order chi connectivity index (χ1) is 11.8. The first kappa shape index (κ1) is 17.4. The van der Waals surface area contributed by atoms with E-state index in [0.717, 1.165) is 9.20 Å². The summed E-state index contributed by atoms with van der Waals surface area (Å²) in [5, 5.41) is 10.6. The van der Waals surface area contributed by atoms with Crippen LogP contribution in [0.4, 0.5) is 4.39 Å². The number of carbonyl (C=O) groups excluding carboxylic acids is 1. The Bertz CT molecular complexity index is 1020. The van der Waals surface area contributed by atoms with Crippen LogP contribution in [0.15, 0.2) is 35.1 Å². The van der Waals surface area contributed by atoms with E-state index < -0.39 is 23.5 Å². The highest BCUT2D eigenvalue weighted by molar-refractivity contribution is 6.30. The van der Waals surface area contributed by atoms with Crippen LogP contribution < -0.4 is 11.0 Å². The normalized spacial score (nSPS) is 12.3. The van der Waals surface area contributed by atoms with E-state index in [1.165, 1.54) is 24.3 Å². The van der Waals surface area contributed by atoms with Crippen LogP contribution in [0.5, 0.6) is 0 Å². The highest BCUT2D eigenvalue weighted by Crippen LogP contribution is 2.20. The highest BCUT2D eigenvalue weighted by atomic mass is 35.5. The van der Waals surface area contributed by atoms with Gasteiger partial charge in [-0.15, -0.1) is 10.2 Å². The lowest BCUT2D eigenvalue weighted by Gasteiger charge is -2.14. The molecule has 0 bridgehead atoms. The predicted molar refractivity (Wildman–Crippen MR) is 90.2 cm³/mol. The Hall–Kier alpha value is -2.45. The van der Waals surface area contributed by atoms with Gasteiger partial charge in [0.2, 0.25) is 5.91 Å². The van der Waals surface area contributed by atoms with Crippen molar-refractivity contribution < 1.29 is 9.18 Å². The molecule has 1 amide bonds. The minimum absolute atomic E-state index is 0.00434. The van der Waals surface area contributed by atoms with Gasteiger partial charge >= 0.3 is 5.69 Å². The Labute approximate surface area is 151 Å². The zero-order valence-electron chi connectivity index (χ0n) is 12.9. The number of rotatable bonds is 4. The van der Waals surface area contributed by atoms with Crippen LogP contribution in [0.2, 0.25) is 10.2 Å². The first-order valence-corrected chi connectivity index (χ1v) is 7.97. The fourth-order valence-electron chi connectivity index (χ4n) is 2.28. The molecule has 1 N–H and O–H groups in total. The van der Waals surface area contributed by atoms with Crippen molar-refractivity contribution in [1.82, 2.24) is 24.7 Å². The Morgan fingerprint density at radius 1 is 1.28 bits per heavy atom. The van der Waals surface area contributed by atoms with Crippen molar-refractivity contribution in [2.24, 2.45) is 0 Å². The SMILES string of the molecule is C[C@H](NC(=O)Cn1nc2ccc(Cl)nn2c1=O)c1ccc(Cl)c(F)c1. The second kappa shape index (κ2) is 6.81. The molecule has 130 valence electrons. The van der Waals surface area contributed by atoms with Gasteiger partial charge in [-0.3, -0.25) is 4.79 Å². The van der Waals surface area contributed by atoms with E-state index in [-0.39, 0.29) is 22.4 Å². The molecule has 0 unspecified atom stereocenters. The maximum absolute atomic E-state index is 13.5. The lowest BCUT2D eigenvalue weighted by Crippen LogP contribution is -2.34. The zero-order valence-corrected chi connectivity index (χ0v) is 14.4. The smallest absolute Gasteiger partial charge is 0.348 e. The number of hydrogen-bond donors (Lipinski definition) is 1. The topological polar surface area (TPSA) is 81.3 Å². The van der Waals surface area contributed by atoms with Gasteiger partial charge < -0.3 is 5.32 Å². The van der Waals surface area contributed by atoms with Gasteiger partial charge in [-0.05, 0) is 36.8 Å². The molecule has 0 aliphatic rings. The summed E-state index contributed by atoms with van der Waals surface area (Å²) in [6.07, 6.45) is 0. The van der Waals surface area contributed by atoms with Crippen molar-refractivity contribution in [3.8, 4) is 0 Å². The summed E-state index contributed by atoms with van der Waals surface area (Å²) in [6, 6.07) is 6.81. The third-order valence-corrected chi connectivity index (χ3v) is 4.03. The molecular weight excluding hydrogens is 372 g/mol. The third kappa shape index (κ3) is 3.64. The van der Waals surface area contributed by atoms with Gasteiger partial charge in [-0.1, -0.05) is 29.3 Å². The molecule has 1 aromatic carbocycles. The summed E-state index contributed by atoms with van der Waals surface area (Å²) >= 11 is 11.4. The summed E-state index contributed by atoms with van der Waals surface area (Å²) in [5.41, 5.74) is 0.235. The number of halogens is 3. The van der Waals surface area contributed by atoms with Crippen molar-refractivity contribution in [1.29, 1.82) is 0 Å². The van der Waals surface area contributed by atoms with E-state index in [0.29, 0.717) is 5.56 Å². The van der Waals surface area contributed by atoms with Crippen molar-refractivity contribution in [3.63, 3.8) is 0 Å². The maximum atomic E-state index is 13.5. The van der Waals surface area contributed by atoms with Gasteiger partial charge in [0.05, 0.1) is 11.1 Å². The minimum Gasteiger partial charge on any atom is -0.348 e. The van der Waals surface area contributed by atoms with Crippen LogP contribution in [0.25, 0.3) is 5.65 Å². The fourth-order valence-corrected chi connectivity index (χ4v) is 2.53. The van der Waals surface area contributed by atoms with Crippen molar-refractivity contribution in [2.45, 2.75) is 19.5 Å². The Morgan fingerprint density at radius 3 is 2.76 bits per heavy atom. The number of nitrogens with one attached hydrogen (secondary N) is 1. The molecular formula is C15H12Cl2FN5O2. The largest absolute Gasteiger partial charge is 0.367 e. The van der Waals surface area contributed by atoms with Gasteiger partial charge in [-0.2, -0.15) is 4.52 Å². The number of benzene rings is 1. The van der Waals surface area contributed by atoms with E-state index >= 15 is 0 Å². The molecule has 1 atom stereocenters. The van der Waals surface area contributed by atoms with E-state index in [1.807, 2.05) is 0 Å². The molecule has 0 aliphatic carbocycles. The van der Waals surface area contributed by atoms with Gasteiger partial charge in [0.25, 0.3) is 0 Å². The molecule has 0 saturated heterocycles. The van der Waals surface area contributed by atoms with Crippen LogP contribution in [0.1, 0.15) is 18.5 Å². The van der Waals surface area contributed by atoms with E-state index in [4.69, 9.17) is 23.2 Å². The Kier molecular flexibility index (Phi) is 4.73. The number of carbonyl (C=O) groups is 1. The van der Waals surface area contributed by atoms with Gasteiger partial charge in [0.15, 0.2) is 5.65 Å². The number of fused-ring (bicyclic) bond motifs is 1. The molecule has 0 fully saturated rings. The summed E-state index contributed by atoms with van der Waals surface area (Å²) in [6.45, 7) is 1.38. The highest BCUT2D eigenvalue weighted by Gasteiger charge is 2.15. The number of amides is 1. The second-order valence-electron chi connectivity index (χ2n) is 5.33. The van der Waals surface area contributed by atoms with Crippen LogP contribution in [0, 0.1) is 5.82 Å². The van der Waals surface area contributed by atoms with Crippen LogP contribution in [-0.2, 0) is 11.3 Å². The first-order valence-electron chi connectivity index (χ1n) is 7.22. The molecule has 3 rings (SSSR count). The Morgan fingerprint density at radius 2 is 2.04 bits per heavy atom. The van der Waals surface area contributed by atoms with Crippen LogP contribution in [0.3, 0.4) is 0 Å². The van der Waals surface area contributed by atoms with Crippen LogP contribution in [-0.4, -0.2) is 25.3 Å². The second-order valence-corrected chi connectivity index (χ2v) is 6.12. The molecule has 3 aromatic rings. The van der Waals surface area contributed by atoms with E-state index in [9.17, 15) is 14.0 Å². The molecule has 0 radical (unpaired) electrons.